The molecule has 22 heavy (non-hydrogen) atoms. The van der Waals surface area contributed by atoms with E-state index in [-0.39, 0.29) is 18.6 Å². The monoisotopic (exact) mass is 327 g/mol. The molecule has 0 saturated carbocycles. The van der Waals surface area contributed by atoms with Crippen molar-refractivity contribution in [3.63, 3.8) is 0 Å². The standard InChI is InChI=1S/C16H22ClNO4/c1-16(2)11-18(8-12(22-16)9-20-3)15(19)10-21-14-7-5-4-6-13(14)17/h4-7,12H,8-11H2,1-3H3. The normalized spacial score (nSPS) is 20.7. The first-order valence-electron chi connectivity index (χ1n) is 7.23. The third-order valence-corrected chi connectivity index (χ3v) is 3.69. The smallest absolute Gasteiger partial charge is 0.260 e. The summed E-state index contributed by atoms with van der Waals surface area (Å²) in [6.07, 6.45) is -0.127. The highest BCUT2D eigenvalue weighted by Gasteiger charge is 2.35. The molecule has 1 atom stereocenters. The maximum Gasteiger partial charge on any atom is 0.260 e. The Morgan fingerprint density at radius 3 is 2.86 bits per heavy atom. The number of hydrogen-bond donors (Lipinski definition) is 0. The Labute approximate surface area is 136 Å². The number of ether oxygens (including phenoxy) is 3. The molecule has 1 aliphatic heterocycles. The number of para-hydroxylation sites is 1. The number of carbonyl (C=O) groups excluding carboxylic acids is 1. The summed E-state index contributed by atoms with van der Waals surface area (Å²) in [5.41, 5.74) is -0.401. The highest BCUT2D eigenvalue weighted by atomic mass is 35.5. The molecule has 1 aliphatic rings. The van der Waals surface area contributed by atoms with Crippen LogP contribution in [0.2, 0.25) is 5.02 Å². The highest BCUT2D eigenvalue weighted by molar-refractivity contribution is 6.32. The van der Waals surface area contributed by atoms with Gasteiger partial charge < -0.3 is 19.1 Å². The van der Waals surface area contributed by atoms with E-state index in [1.54, 1.807) is 24.1 Å². The molecule has 1 aromatic carbocycles. The second-order valence-electron chi connectivity index (χ2n) is 5.95. The largest absolute Gasteiger partial charge is 0.482 e. The third-order valence-electron chi connectivity index (χ3n) is 3.37. The fraction of sp³-hybridized carbons (Fsp3) is 0.562. The lowest BCUT2D eigenvalue weighted by Gasteiger charge is -2.42. The molecule has 1 aromatic rings. The summed E-state index contributed by atoms with van der Waals surface area (Å²) in [5, 5.41) is 0.495. The molecule has 0 N–H and O–H groups in total. The van der Waals surface area contributed by atoms with E-state index in [9.17, 15) is 4.79 Å². The number of nitrogens with zero attached hydrogens (tertiary/aromatic N) is 1. The molecular formula is C16H22ClNO4. The predicted octanol–water partition coefficient (Wildman–Crippen LogP) is 2.37. The van der Waals surface area contributed by atoms with Crippen LogP contribution in [-0.4, -0.2) is 55.9 Å². The minimum Gasteiger partial charge on any atom is -0.482 e. The molecule has 0 spiro atoms. The van der Waals surface area contributed by atoms with Crippen LogP contribution >= 0.6 is 11.6 Å². The minimum atomic E-state index is -0.401. The Morgan fingerprint density at radius 1 is 1.45 bits per heavy atom. The average molecular weight is 328 g/mol. The SMILES string of the molecule is COCC1CN(C(=O)COc2ccccc2Cl)CC(C)(C)O1. The predicted molar refractivity (Wildman–Crippen MR) is 84.4 cm³/mol. The van der Waals surface area contributed by atoms with Crippen molar-refractivity contribution in [1.29, 1.82) is 0 Å². The van der Waals surface area contributed by atoms with Crippen molar-refractivity contribution in [3.8, 4) is 5.75 Å². The minimum absolute atomic E-state index is 0.0421. The van der Waals surface area contributed by atoms with Gasteiger partial charge in [-0.25, -0.2) is 0 Å². The Morgan fingerprint density at radius 2 is 2.18 bits per heavy atom. The zero-order chi connectivity index (χ0) is 16.2. The van der Waals surface area contributed by atoms with Crippen LogP contribution < -0.4 is 4.74 Å². The Hall–Kier alpha value is -1.30. The number of amides is 1. The highest BCUT2D eigenvalue weighted by Crippen LogP contribution is 2.24. The lowest BCUT2D eigenvalue weighted by molar-refractivity contribution is -0.170. The fourth-order valence-corrected chi connectivity index (χ4v) is 2.74. The second kappa shape index (κ2) is 7.31. The third kappa shape index (κ3) is 4.60. The van der Waals surface area contributed by atoms with Crippen molar-refractivity contribution in [1.82, 2.24) is 4.90 Å². The van der Waals surface area contributed by atoms with Crippen LogP contribution in [0.15, 0.2) is 24.3 Å². The molecule has 2 rings (SSSR count). The van der Waals surface area contributed by atoms with Crippen LogP contribution in [0.5, 0.6) is 5.75 Å². The van der Waals surface area contributed by atoms with E-state index in [1.807, 2.05) is 26.0 Å². The number of rotatable bonds is 5. The Balaban J connectivity index is 1.95. The molecule has 6 heteroatoms. The fourth-order valence-electron chi connectivity index (χ4n) is 2.55. The topological polar surface area (TPSA) is 48.0 Å². The number of morpholine rings is 1. The van der Waals surface area contributed by atoms with Crippen molar-refractivity contribution in [3.05, 3.63) is 29.3 Å². The first kappa shape index (κ1) is 17.1. The van der Waals surface area contributed by atoms with Crippen LogP contribution in [0, 0.1) is 0 Å². The van der Waals surface area contributed by atoms with Crippen LogP contribution in [0.3, 0.4) is 0 Å². The van der Waals surface area contributed by atoms with E-state index >= 15 is 0 Å². The molecule has 5 nitrogen and oxygen atoms in total. The van der Waals surface area contributed by atoms with Crippen LogP contribution in [0.4, 0.5) is 0 Å². The van der Waals surface area contributed by atoms with Gasteiger partial charge >= 0.3 is 0 Å². The summed E-state index contributed by atoms with van der Waals surface area (Å²) in [6, 6.07) is 7.11. The van der Waals surface area contributed by atoms with Gasteiger partial charge in [-0.15, -0.1) is 0 Å². The van der Waals surface area contributed by atoms with Gasteiger partial charge in [0.1, 0.15) is 5.75 Å². The molecule has 1 heterocycles. The van der Waals surface area contributed by atoms with Crippen molar-refractivity contribution in [2.45, 2.75) is 25.6 Å². The first-order chi connectivity index (χ1) is 10.4. The van der Waals surface area contributed by atoms with Gasteiger partial charge in [-0.05, 0) is 26.0 Å². The van der Waals surface area contributed by atoms with E-state index < -0.39 is 5.60 Å². The van der Waals surface area contributed by atoms with Gasteiger partial charge in [0, 0.05) is 20.2 Å². The molecule has 122 valence electrons. The van der Waals surface area contributed by atoms with Gasteiger partial charge in [-0.1, -0.05) is 23.7 Å². The summed E-state index contributed by atoms with van der Waals surface area (Å²) in [6.45, 7) is 5.37. The maximum absolute atomic E-state index is 12.4. The van der Waals surface area contributed by atoms with Crippen molar-refractivity contribution < 1.29 is 19.0 Å². The summed E-state index contributed by atoms with van der Waals surface area (Å²) >= 11 is 6.02. The zero-order valence-corrected chi connectivity index (χ0v) is 13.9. The molecular weight excluding hydrogens is 306 g/mol. The van der Waals surface area contributed by atoms with Crippen molar-refractivity contribution >= 4 is 17.5 Å². The summed E-state index contributed by atoms with van der Waals surface area (Å²) in [5.74, 6) is 0.427. The van der Waals surface area contributed by atoms with E-state index in [0.717, 1.165) is 0 Å². The molecule has 0 aromatic heterocycles. The zero-order valence-electron chi connectivity index (χ0n) is 13.2. The lowest BCUT2D eigenvalue weighted by atomic mass is 10.1. The second-order valence-corrected chi connectivity index (χ2v) is 6.36. The first-order valence-corrected chi connectivity index (χ1v) is 7.61. The summed E-state index contributed by atoms with van der Waals surface area (Å²) in [7, 11) is 1.62. The van der Waals surface area contributed by atoms with Crippen LogP contribution in [0.1, 0.15) is 13.8 Å². The molecule has 1 amide bonds. The molecule has 1 saturated heterocycles. The molecule has 0 bridgehead atoms. The van der Waals surface area contributed by atoms with E-state index in [0.29, 0.717) is 30.5 Å². The number of hydrogen-bond acceptors (Lipinski definition) is 4. The summed E-state index contributed by atoms with van der Waals surface area (Å²) in [4.78, 5) is 14.1. The number of carbonyl (C=O) groups is 1. The van der Waals surface area contributed by atoms with E-state index in [1.165, 1.54) is 0 Å². The van der Waals surface area contributed by atoms with Crippen molar-refractivity contribution in [2.75, 3.05) is 33.4 Å². The average Bonchev–Trinajstić information content (AvgIpc) is 2.45. The van der Waals surface area contributed by atoms with Gasteiger partial charge in [0.05, 0.1) is 23.3 Å². The van der Waals surface area contributed by atoms with Gasteiger partial charge in [0.25, 0.3) is 5.91 Å². The van der Waals surface area contributed by atoms with Gasteiger partial charge in [0.15, 0.2) is 6.61 Å². The van der Waals surface area contributed by atoms with Crippen LogP contribution in [-0.2, 0) is 14.3 Å². The van der Waals surface area contributed by atoms with E-state index in [2.05, 4.69) is 0 Å². The molecule has 0 radical (unpaired) electrons. The summed E-state index contributed by atoms with van der Waals surface area (Å²) < 4.78 is 16.6. The number of methoxy groups -OCH3 is 1. The van der Waals surface area contributed by atoms with Gasteiger partial charge in [-0.3, -0.25) is 4.79 Å². The quantitative estimate of drug-likeness (QED) is 0.833. The van der Waals surface area contributed by atoms with Crippen LogP contribution in [0.25, 0.3) is 0 Å². The molecule has 1 fully saturated rings. The van der Waals surface area contributed by atoms with Gasteiger partial charge in [-0.2, -0.15) is 0 Å². The maximum atomic E-state index is 12.4. The number of benzene rings is 1. The molecule has 0 aliphatic carbocycles. The van der Waals surface area contributed by atoms with Gasteiger partial charge in [0.2, 0.25) is 0 Å². The Kier molecular flexibility index (Phi) is 5.67. The lowest BCUT2D eigenvalue weighted by Crippen LogP contribution is -2.56. The molecule has 1 unspecified atom stereocenters. The van der Waals surface area contributed by atoms with E-state index in [4.69, 9.17) is 25.8 Å². The van der Waals surface area contributed by atoms with Crippen molar-refractivity contribution in [2.24, 2.45) is 0 Å². The Bertz CT molecular complexity index is 521. The number of halogens is 1.